The summed E-state index contributed by atoms with van der Waals surface area (Å²) in [6, 6.07) is 22.2. The summed E-state index contributed by atoms with van der Waals surface area (Å²) in [6.07, 6.45) is 1.68. The van der Waals surface area contributed by atoms with E-state index < -0.39 is 0 Å². The van der Waals surface area contributed by atoms with Gasteiger partial charge in [-0.2, -0.15) is 9.50 Å². The predicted molar refractivity (Wildman–Crippen MR) is 145 cm³/mol. The number of rotatable bonds is 6. The Morgan fingerprint density at radius 2 is 1.76 bits per heavy atom. The molecular formula is C28H19ClN4O3S. The van der Waals surface area contributed by atoms with E-state index in [1.807, 2.05) is 60.7 Å². The Morgan fingerprint density at radius 1 is 1.00 bits per heavy atom. The standard InChI is InChI=1S/C28H19ClN4O3S/c1-2-15-36-20-13-9-18(10-14-20)25-30-28-33(31-25)27(35)24(37-28)23-21-5-3-4-6-22(21)32(26(23)34)16-17-7-11-19(29)12-8-17/h2-14H,1,15-16H2/b24-23-. The molecule has 0 saturated heterocycles. The third-order valence-electron chi connectivity index (χ3n) is 6.04. The number of amides is 1. The Morgan fingerprint density at radius 3 is 2.49 bits per heavy atom. The summed E-state index contributed by atoms with van der Waals surface area (Å²) in [7, 11) is 0. The quantitative estimate of drug-likeness (QED) is 0.304. The van der Waals surface area contributed by atoms with Crippen molar-refractivity contribution in [2.24, 2.45) is 0 Å². The minimum atomic E-state index is -0.365. The molecule has 7 nitrogen and oxygen atoms in total. The maximum atomic E-state index is 13.6. The van der Waals surface area contributed by atoms with Crippen LogP contribution >= 0.6 is 22.9 Å². The molecule has 0 fully saturated rings. The molecule has 0 saturated carbocycles. The van der Waals surface area contributed by atoms with Gasteiger partial charge in [0.1, 0.15) is 16.9 Å². The highest BCUT2D eigenvalue weighted by Crippen LogP contribution is 2.36. The first-order valence-corrected chi connectivity index (χ1v) is 12.7. The molecule has 1 aliphatic heterocycles. The van der Waals surface area contributed by atoms with Crippen LogP contribution in [-0.4, -0.2) is 27.1 Å². The van der Waals surface area contributed by atoms with Crippen molar-refractivity contribution in [3.8, 4) is 17.1 Å². The Labute approximate surface area is 220 Å². The van der Waals surface area contributed by atoms with Gasteiger partial charge in [-0.05, 0) is 48.0 Å². The molecule has 0 radical (unpaired) electrons. The first kappa shape index (κ1) is 23.1. The molecule has 2 aromatic heterocycles. The van der Waals surface area contributed by atoms with Crippen molar-refractivity contribution in [1.82, 2.24) is 14.6 Å². The van der Waals surface area contributed by atoms with Crippen molar-refractivity contribution >= 4 is 45.1 Å². The molecule has 37 heavy (non-hydrogen) atoms. The highest BCUT2D eigenvalue weighted by atomic mass is 35.5. The third kappa shape index (κ3) is 4.10. The average molecular weight is 527 g/mol. The molecule has 0 spiro atoms. The summed E-state index contributed by atoms with van der Waals surface area (Å²) in [5.41, 5.74) is 3.18. The SMILES string of the molecule is C=CCOc1ccc(-c2nc3s/c(=C4\C(=O)N(Cc5ccc(Cl)cc5)c5ccccc54)c(=O)n3n2)cc1. The van der Waals surface area contributed by atoms with Gasteiger partial charge in [-0.25, -0.2) is 0 Å². The summed E-state index contributed by atoms with van der Waals surface area (Å²) in [6.45, 7) is 4.42. The zero-order valence-electron chi connectivity index (χ0n) is 19.4. The number of ether oxygens (including phenoxy) is 1. The second-order valence-corrected chi connectivity index (χ2v) is 9.81. The molecule has 1 amide bonds. The van der Waals surface area contributed by atoms with E-state index in [4.69, 9.17) is 16.3 Å². The van der Waals surface area contributed by atoms with Crippen LogP contribution < -0.4 is 19.7 Å². The van der Waals surface area contributed by atoms with Crippen LogP contribution in [0.15, 0.2) is 90.2 Å². The third-order valence-corrected chi connectivity index (χ3v) is 7.32. The number of hydrogen-bond donors (Lipinski definition) is 0. The van der Waals surface area contributed by atoms with E-state index in [0.29, 0.717) is 44.8 Å². The van der Waals surface area contributed by atoms with Crippen molar-refractivity contribution in [3.05, 3.63) is 116 Å². The number of thiazole rings is 1. The number of anilines is 1. The molecule has 1 aliphatic rings. The Bertz CT molecular complexity index is 1780. The van der Waals surface area contributed by atoms with Crippen LogP contribution in [-0.2, 0) is 11.3 Å². The van der Waals surface area contributed by atoms with E-state index in [9.17, 15) is 9.59 Å². The summed E-state index contributed by atoms with van der Waals surface area (Å²) in [5.74, 6) is 0.903. The molecule has 0 bridgehead atoms. The normalized spacial score (nSPS) is 14.3. The molecular weight excluding hydrogens is 508 g/mol. The van der Waals surface area contributed by atoms with Gasteiger partial charge in [0.05, 0.1) is 17.8 Å². The lowest BCUT2D eigenvalue weighted by molar-refractivity contribution is -0.113. The van der Waals surface area contributed by atoms with Crippen LogP contribution in [0.2, 0.25) is 5.02 Å². The fourth-order valence-corrected chi connectivity index (χ4v) is 5.42. The minimum Gasteiger partial charge on any atom is -0.490 e. The molecule has 6 rings (SSSR count). The van der Waals surface area contributed by atoms with E-state index >= 15 is 0 Å². The highest BCUT2D eigenvalue weighted by molar-refractivity contribution is 7.15. The fourth-order valence-electron chi connectivity index (χ4n) is 4.29. The second-order valence-electron chi connectivity index (χ2n) is 8.40. The number of carbonyl (C=O) groups is 1. The summed E-state index contributed by atoms with van der Waals surface area (Å²) >= 11 is 7.19. The van der Waals surface area contributed by atoms with E-state index in [-0.39, 0.29) is 11.5 Å². The smallest absolute Gasteiger partial charge is 0.291 e. The topological polar surface area (TPSA) is 76.8 Å². The summed E-state index contributed by atoms with van der Waals surface area (Å²) in [5, 5.41) is 5.07. The zero-order valence-corrected chi connectivity index (χ0v) is 21.0. The number of halogens is 1. The lowest BCUT2D eigenvalue weighted by Crippen LogP contribution is -2.32. The number of para-hydroxylation sites is 1. The van der Waals surface area contributed by atoms with Crippen molar-refractivity contribution in [2.75, 3.05) is 11.5 Å². The average Bonchev–Trinajstić information content (AvgIpc) is 3.55. The Hall–Kier alpha value is -4.27. The van der Waals surface area contributed by atoms with Crippen molar-refractivity contribution in [3.63, 3.8) is 0 Å². The summed E-state index contributed by atoms with van der Waals surface area (Å²) < 4.78 is 7.11. The van der Waals surface area contributed by atoms with Gasteiger partial charge >= 0.3 is 0 Å². The van der Waals surface area contributed by atoms with E-state index in [1.54, 1.807) is 23.1 Å². The van der Waals surface area contributed by atoms with E-state index in [1.165, 1.54) is 15.9 Å². The molecule has 0 aliphatic carbocycles. The van der Waals surface area contributed by atoms with Gasteiger partial charge in [-0.1, -0.05) is 65.9 Å². The minimum absolute atomic E-state index is 0.229. The van der Waals surface area contributed by atoms with Crippen molar-refractivity contribution < 1.29 is 9.53 Å². The van der Waals surface area contributed by atoms with E-state index in [2.05, 4.69) is 16.7 Å². The number of benzene rings is 3. The number of aromatic nitrogens is 3. The molecule has 9 heteroatoms. The van der Waals surface area contributed by atoms with E-state index in [0.717, 1.165) is 22.4 Å². The van der Waals surface area contributed by atoms with Gasteiger partial charge in [0, 0.05) is 16.1 Å². The molecule has 5 aromatic rings. The Balaban J connectivity index is 1.40. The first-order chi connectivity index (χ1) is 18.0. The Kier molecular flexibility index (Phi) is 5.82. The number of nitrogens with zero attached hydrogens (tertiary/aromatic N) is 4. The largest absolute Gasteiger partial charge is 0.490 e. The van der Waals surface area contributed by atoms with Gasteiger partial charge in [-0.15, -0.1) is 5.10 Å². The molecule has 0 atom stereocenters. The first-order valence-electron chi connectivity index (χ1n) is 11.5. The fraction of sp³-hybridized carbons (Fsp3) is 0.0714. The summed E-state index contributed by atoms with van der Waals surface area (Å²) in [4.78, 5) is 33.7. The van der Waals surface area contributed by atoms with Crippen LogP contribution in [0.1, 0.15) is 11.1 Å². The monoisotopic (exact) mass is 526 g/mol. The van der Waals surface area contributed by atoms with Crippen LogP contribution in [0.3, 0.4) is 0 Å². The lowest BCUT2D eigenvalue weighted by atomic mass is 10.1. The molecule has 0 N–H and O–H groups in total. The van der Waals surface area contributed by atoms with Crippen LogP contribution in [0.4, 0.5) is 5.69 Å². The maximum Gasteiger partial charge on any atom is 0.291 e. The van der Waals surface area contributed by atoms with Gasteiger partial charge in [-0.3, -0.25) is 9.59 Å². The number of carbonyl (C=O) groups excluding carboxylic acids is 1. The molecule has 3 aromatic carbocycles. The molecule has 3 heterocycles. The van der Waals surface area contributed by atoms with Crippen LogP contribution in [0, 0.1) is 0 Å². The molecule has 182 valence electrons. The lowest BCUT2D eigenvalue weighted by Gasteiger charge is -2.17. The number of hydrogen-bond acceptors (Lipinski definition) is 6. The van der Waals surface area contributed by atoms with Crippen molar-refractivity contribution in [2.45, 2.75) is 6.54 Å². The number of fused-ring (bicyclic) bond motifs is 2. The predicted octanol–water partition coefficient (Wildman–Crippen LogP) is 4.50. The van der Waals surface area contributed by atoms with Gasteiger partial charge in [0.15, 0.2) is 5.82 Å². The highest BCUT2D eigenvalue weighted by Gasteiger charge is 2.34. The van der Waals surface area contributed by atoms with Crippen LogP contribution in [0.5, 0.6) is 5.75 Å². The van der Waals surface area contributed by atoms with Gasteiger partial charge in [0.2, 0.25) is 4.96 Å². The van der Waals surface area contributed by atoms with Gasteiger partial charge in [0.25, 0.3) is 11.5 Å². The molecule has 0 unspecified atom stereocenters. The zero-order chi connectivity index (χ0) is 25.5. The maximum absolute atomic E-state index is 13.6. The second kappa shape index (κ2) is 9.31. The van der Waals surface area contributed by atoms with Crippen LogP contribution in [0.25, 0.3) is 21.9 Å². The van der Waals surface area contributed by atoms with Gasteiger partial charge < -0.3 is 9.64 Å². The van der Waals surface area contributed by atoms with Crippen molar-refractivity contribution in [1.29, 1.82) is 0 Å².